The standard InChI is InChI=1S/C38H40N6O4/c1-43(2)31-19-15-27(16-20-31)25-33(41-35(45)29-11-7-5-8-12-29)37(47)39-23-24-40-38(48)34(42-36(46)30-13-9-6-10-14-30)26-28-17-21-32(22-18-28)44(3)4/h5-22,25-26H,23-24H2,1-4H3,(H,39,47)(H,40,48)(H,41,45)(H,42,46). The molecule has 0 saturated heterocycles. The van der Waals surface area contributed by atoms with Crippen LogP contribution in [0.1, 0.15) is 31.8 Å². The molecule has 0 heterocycles. The lowest BCUT2D eigenvalue weighted by atomic mass is 10.1. The molecule has 4 rings (SSSR count). The van der Waals surface area contributed by atoms with Gasteiger partial charge in [0.1, 0.15) is 11.4 Å². The van der Waals surface area contributed by atoms with Gasteiger partial charge < -0.3 is 31.1 Å². The summed E-state index contributed by atoms with van der Waals surface area (Å²) < 4.78 is 0. The smallest absolute Gasteiger partial charge is 0.267 e. The summed E-state index contributed by atoms with van der Waals surface area (Å²) in [7, 11) is 7.73. The van der Waals surface area contributed by atoms with Gasteiger partial charge in [0.2, 0.25) is 0 Å². The number of hydrogen-bond donors (Lipinski definition) is 4. The van der Waals surface area contributed by atoms with Crippen LogP contribution in [0, 0.1) is 0 Å². The lowest BCUT2D eigenvalue weighted by molar-refractivity contribution is -0.119. The van der Waals surface area contributed by atoms with Gasteiger partial charge in [0.25, 0.3) is 23.6 Å². The molecule has 0 aromatic heterocycles. The average molecular weight is 645 g/mol. The molecule has 0 aliphatic carbocycles. The highest BCUT2D eigenvalue weighted by molar-refractivity contribution is 6.06. The first kappa shape index (κ1) is 34.7. The van der Waals surface area contributed by atoms with Crippen molar-refractivity contribution in [3.63, 3.8) is 0 Å². The summed E-state index contributed by atoms with van der Waals surface area (Å²) in [5.74, 6) is -1.92. The van der Waals surface area contributed by atoms with Crippen molar-refractivity contribution < 1.29 is 19.2 Å². The monoisotopic (exact) mass is 644 g/mol. The predicted molar refractivity (Wildman–Crippen MR) is 191 cm³/mol. The zero-order valence-electron chi connectivity index (χ0n) is 27.5. The summed E-state index contributed by atoms with van der Waals surface area (Å²) in [6.07, 6.45) is 3.19. The van der Waals surface area contributed by atoms with Crippen LogP contribution in [-0.4, -0.2) is 64.9 Å². The van der Waals surface area contributed by atoms with E-state index in [4.69, 9.17) is 0 Å². The molecular formula is C38H40N6O4. The number of carbonyl (C=O) groups excluding carboxylic acids is 4. The van der Waals surface area contributed by atoms with Crippen molar-refractivity contribution >= 4 is 47.2 Å². The van der Waals surface area contributed by atoms with Gasteiger partial charge in [-0.2, -0.15) is 0 Å². The first-order valence-electron chi connectivity index (χ1n) is 15.4. The Morgan fingerprint density at radius 1 is 0.500 bits per heavy atom. The molecule has 0 atom stereocenters. The van der Waals surface area contributed by atoms with Gasteiger partial charge in [-0.05, 0) is 71.8 Å². The second kappa shape index (κ2) is 17.0. The number of rotatable bonds is 13. The van der Waals surface area contributed by atoms with Crippen LogP contribution in [0.2, 0.25) is 0 Å². The van der Waals surface area contributed by atoms with Crippen LogP contribution in [0.5, 0.6) is 0 Å². The maximum absolute atomic E-state index is 13.3. The third-order valence-electron chi connectivity index (χ3n) is 7.19. The average Bonchev–Trinajstić information content (AvgIpc) is 3.10. The topological polar surface area (TPSA) is 123 Å². The molecule has 0 bridgehead atoms. The molecule has 0 fully saturated rings. The Kier molecular flexibility index (Phi) is 12.3. The van der Waals surface area contributed by atoms with Crippen molar-refractivity contribution in [2.45, 2.75) is 0 Å². The Morgan fingerprint density at radius 3 is 1.15 bits per heavy atom. The van der Waals surface area contributed by atoms with Crippen LogP contribution in [0.3, 0.4) is 0 Å². The fraction of sp³-hybridized carbons (Fsp3) is 0.158. The second-order valence-electron chi connectivity index (χ2n) is 11.2. The van der Waals surface area contributed by atoms with Crippen molar-refractivity contribution in [2.75, 3.05) is 51.1 Å². The molecule has 0 radical (unpaired) electrons. The van der Waals surface area contributed by atoms with E-state index >= 15 is 0 Å². The molecule has 0 spiro atoms. The van der Waals surface area contributed by atoms with Crippen molar-refractivity contribution in [2.24, 2.45) is 0 Å². The largest absolute Gasteiger partial charge is 0.378 e. The predicted octanol–water partition coefficient (Wildman–Crippen LogP) is 4.29. The fourth-order valence-electron chi connectivity index (χ4n) is 4.50. The minimum Gasteiger partial charge on any atom is -0.378 e. The van der Waals surface area contributed by atoms with Gasteiger partial charge >= 0.3 is 0 Å². The van der Waals surface area contributed by atoms with Gasteiger partial charge in [0, 0.05) is 63.8 Å². The Morgan fingerprint density at radius 2 is 0.833 bits per heavy atom. The van der Waals surface area contributed by atoms with Gasteiger partial charge in [-0.25, -0.2) is 0 Å². The van der Waals surface area contributed by atoms with Crippen molar-refractivity contribution in [1.29, 1.82) is 0 Å². The van der Waals surface area contributed by atoms with Gasteiger partial charge in [0.05, 0.1) is 0 Å². The first-order chi connectivity index (χ1) is 23.1. The minimum absolute atomic E-state index is 0.0460. The number of amides is 4. The normalized spacial score (nSPS) is 11.2. The quantitative estimate of drug-likeness (QED) is 0.127. The lowest BCUT2D eigenvalue weighted by Crippen LogP contribution is -2.41. The summed E-state index contributed by atoms with van der Waals surface area (Å²) in [6, 6.07) is 32.2. The van der Waals surface area contributed by atoms with E-state index in [1.165, 1.54) is 0 Å². The summed E-state index contributed by atoms with van der Waals surface area (Å²) in [5.41, 5.74) is 4.31. The zero-order valence-corrected chi connectivity index (χ0v) is 27.5. The first-order valence-corrected chi connectivity index (χ1v) is 15.4. The molecule has 246 valence electrons. The number of benzene rings is 4. The molecule has 10 heteroatoms. The SMILES string of the molecule is CN(C)c1ccc(C=C(NC(=O)c2ccccc2)C(=O)NCCNC(=O)C(=Cc2ccc(N(C)C)cc2)NC(=O)c2ccccc2)cc1. The number of carbonyl (C=O) groups is 4. The van der Waals surface area contributed by atoms with E-state index in [1.54, 1.807) is 72.8 Å². The summed E-state index contributed by atoms with van der Waals surface area (Å²) >= 11 is 0. The van der Waals surface area contributed by atoms with Crippen LogP contribution in [0.15, 0.2) is 121 Å². The maximum atomic E-state index is 13.3. The summed E-state index contributed by atoms with van der Waals surface area (Å²) in [5, 5.41) is 11.0. The van der Waals surface area contributed by atoms with E-state index in [9.17, 15) is 19.2 Å². The minimum atomic E-state index is -0.528. The van der Waals surface area contributed by atoms with Crippen LogP contribution in [0.25, 0.3) is 12.2 Å². The molecule has 0 unspecified atom stereocenters. The molecule has 10 nitrogen and oxygen atoms in total. The lowest BCUT2D eigenvalue weighted by Gasteiger charge is -2.14. The third kappa shape index (κ3) is 10.2. The Balaban J connectivity index is 1.45. The molecule has 4 aromatic rings. The van der Waals surface area contributed by atoms with E-state index in [2.05, 4.69) is 21.3 Å². The van der Waals surface area contributed by atoms with Crippen molar-refractivity contribution in [3.05, 3.63) is 143 Å². The number of anilines is 2. The van der Waals surface area contributed by atoms with Crippen molar-refractivity contribution in [3.8, 4) is 0 Å². The van der Waals surface area contributed by atoms with Crippen LogP contribution < -0.4 is 31.1 Å². The molecule has 0 aliphatic heterocycles. The molecular weight excluding hydrogens is 604 g/mol. The molecule has 4 aromatic carbocycles. The Hall–Kier alpha value is -6.16. The molecule has 4 N–H and O–H groups in total. The van der Waals surface area contributed by atoms with E-state index in [1.807, 2.05) is 86.5 Å². The Labute approximate surface area is 281 Å². The summed E-state index contributed by atoms with van der Waals surface area (Å²) in [6.45, 7) is 0.111. The highest BCUT2D eigenvalue weighted by atomic mass is 16.2. The van der Waals surface area contributed by atoms with Crippen molar-refractivity contribution in [1.82, 2.24) is 21.3 Å². The summed E-state index contributed by atoms with van der Waals surface area (Å²) in [4.78, 5) is 56.4. The van der Waals surface area contributed by atoms with Gasteiger partial charge in [-0.3, -0.25) is 19.2 Å². The number of hydrogen-bond acceptors (Lipinski definition) is 6. The van der Waals surface area contributed by atoms with E-state index < -0.39 is 23.6 Å². The fourth-order valence-corrected chi connectivity index (χ4v) is 4.50. The second-order valence-corrected chi connectivity index (χ2v) is 11.2. The van der Waals surface area contributed by atoms with Crippen LogP contribution >= 0.6 is 0 Å². The molecule has 4 amide bonds. The van der Waals surface area contributed by atoms with Crippen LogP contribution in [0.4, 0.5) is 11.4 Å². The van der Waals surface area contributed by atoms with E-state index in [0.29, 0.717) is 11.1 Å². The Bertz CT molecular complexity index is 1630. The van der Waals surface area contributed by atoms with Crippen LogP contribution in [-0.2, 0) is 9.59 Å². The van der Waals surface area contributed by atoms with Gasteiger partial charge in [0.15, 0.2) is 0 Å². The molecule has 48 heavy (non-hydrogen) atoms. The van der Waals surface area contributed by atoms with Gasteiger partial charge in [-0.15, -0.1) is 0 Å². The van der Waals surface area contributed by atoms with E-state index in [-0.39, 0.29) is 24.5 Å². The highest BCUT2D eigenvalue weighted by Crippen LogP contribution is 2.16. The number of nitrogens with zero attached hydrogens (tertiary/aromatic N) is 2. The zero-order chi connectivity index (χ0) is 34.5. The number of nitrogens with one attached hydrogen (secondary N) is 4. The molecule has 0 saturated carbocycles. The highest BCUT2D eigenvalue weighted by Gasteiger charge is 2.17. The maximum Gasteiger partial charge on any atom is 0.267 e. The van der Waals surface area contributed by atoms with E-state index in [0.717, 1.165) is 22.5 Å². The third-order valence-corrected chi connectivity index (χ3v) is 7.19. The van der Waals surface area contributed by atoms with Gasteiger partial charge in [-0.1, -0.05) is 60.7 Å². The molecule has 0 aliphatic rings.